The van der Waals surface area contributed by atoms with E-state index in [4.69, 9.17) is 4.74 Å². The fourth-order valence-corrected chi connectivity index (χ4v) is 3.48. The van der Waals surface area contributed by atoms with Crippen LogP contribution in [0.15, 0.2) is 30.9 Å². The third-order valence-electron chi connectivity index (χ3n) is 4.85. The van der Waals surface area contributed by atoms with Crippen molar-refractivity contribution in [2.75, 3.05) is 19.7 Å². The second kappa shape index (κ2) is 7.75. The lowest BCUT2D eigenvalue weighted by Gasteiger charge is -2.22. The minimum absolute atomic E-state index is 0.00196. The molecule has 142 valence electrons. The van der Waals surface area contributed by atoms with Crippen LogP contribution in [0.2, 0.25) is 0 Å². The molecule has 5 nitrogen and oxygen atoms in total. The molecule has 0 N–H and O–H groups in total. The number of pyridine rings is 1. The number of aromatic nitrogens is 3. The average Bonchev–Trinajstić information content (AvgIpc) is 3.27. The van der Waals surface area contributed by atoms with E-state index >= 15 is 0 Å². The van der Waals surface area contributed by atoms with Crippen molar-refractivity contribution in [1.29, 1.82) is 0 Å². The van der Waals surface area contributed by atoms with Gasteiger partial charge in [-0.3, -0.25) is 9.88 Å². The number of rotatable bonds is 3. The third-order valence-corrected chi connectivity index (χ3v) is 4.85. The van der Waals surface area contributed by atoms with Crippen LogP contribution in [0.4, 0.5) is 8.78 Å². The van der Waals surface area contributed by atoms with E-state index < -0.39 is 5.92 Å². The van der Waals surface area contributed by atoms with Gasteiger partial charge in [0.2, 0.25) is 0 Å². The Bertz CT molecular complexity index is 849. The fraction of sp³-hybridized carbons (Fsp3) is 0.500. The molecular formula is C20H22F2N4O. The highest BCUT2D eigenvalue weighted by atomic mass is 19.3. The zero-order valence-corrected chi connectivity index (χ0v) is 15.1. The van der Waals surface area contributed by atoms with Crippen LogP contribution in [0.1, 0.15) is 48.6 Å². The molecule has 0 saturated carbocycles. The molecule has 0 radical (unpaired) electrons. The second-order valence-electron chi connectivity index (χ2n) is 7.18. The first-order valence-corrected chi connectivity index (χ1v) is 9.29. The molecule has 2 saturated heterocycles. The van der Waals surface area contributed by atoms with Crippen LogP contribution in [0, 0.1) is 11.8 Å². The van der Waals surface area contributed by atoms with Gasteiger partial charge in [-0.2, -0.15) is 5.10 Å². The zero-order chi connectivity index (χ0) is 18.7. The molecule has 0 spiro atoms. The van der Waals surface area contributed by atoms with Gasteiger partial charge >= 0.3 is 0 Å². The number of nitrogens with zero attached hydrogens (tertiary/aromatic N) is 4. The first kappa shape index (κ1) is 18.1. The van der Waals surface area contributed by atoms with Gasteiger partial charge in [-0.05, 0) is 30.9 Å². The quantitative estimate of drug-likeness (QED) is 0.776. The third kappa shape index (κ3) is 4.71. The maximum atomic E-state index is 13.3. The number of ether oxygens (including phenoxy) is 1. The molecule has 4 heterocycles. The van der Waals surface area contributed by atoms with Crippen molar-refractivity contribution in [3.05, 3.63) is 47.5 Å². The maximum absolute atomic E-state index is 13.3. The van der Waals surface area contributed by atoms with Gasteiger partial charge in [-0.15, -0.1) is 0 Å². The number of hydrogen-bond acceptors (Lipinski definition) is 4. The number of alkyl halides is 2. The van der Waals surface area contributed by atoms with E-state index in [1.54, 1.807) is 23.5 Å². The number of likely N-dealkylation sites (tertiary alicyclic amines) is 1. The molecule has 0 aromatic carbocycles. The number of halogens is 2. The molecule has 2 aliphatic heterocycles. The van der Waals surface area contributed by atoms with E-state index in [9.17, 15) is 8.78 Å². The van der Waals surface area contributed by atoms with E-state index in [1.807, 2.05) is 16.9 Å². The summed E-state index contributed by atoms with van der Waals surface area (Å²) in [6.45, 7) is 1.46. The van der Waals surface area contributed by atoms with E-state index in [2.05, 4.69) is 21.9 Å². The lowest BCUT2D eigenvalue weighted by atomic mass is 10.2. The van der Waals surface area contributed by atoms with Crippen molar-refractivity contribution in [1.82, 2.24) is 19.7 Å². The van der Waals surface area contributed by atoms with Crippen LogP contribution in [-0.4, -0.2) is 45.3 Å². The van der Waals surface area contributed by atoms with Gasteiger partial charge in [0, 0.05) is 50.3 Å². The second-order valence-corrected chi connectivity index (χ2v) is 7.18. The molecule has 4 rings (SSSR count). The SMILES string of the molecule is FC1(F)CCN(Cc2cncc(C#Cc3cnn(C4CCCCO4)c3)c2)C1. The van der Waals surface area contributed by atoms with Crippen LogP contribution < -0.4 is 0 Å². The Hall–Kier alpha value is -2.30. The van der Waals surface area contributed by atoms with Crippen molar-refractivity contribution >= 4 is 0 Å². The van der Waals surface area contributed by atoms with E-state index in [1.165, 1.54) is 0 Å². The summed E-state index contributed by atoms with van der Waals surface area (Å²) >= 11 is 0. The fourth-order valence-electron chi connectivity index (χ4n) is 3.48. The van der Waals surface area contributed by atoms with Gasteiger partial charge < -0.3 is 4.74 Å². The molecule has 2 aromatic heterocycles. The van der Waals surface area contributed by atoms with Crippen LogP contribution in [0.3, 0.4) is 0 Å². The molecule has 27 heavy (non-hydrogen) atoms. The molecule has 1 atom stereocenters. The van der Waals surface area contributed by atoms with Gasteiger partial charge in [0.05, 0.1) is 18.3 Å². The van der Waals surface area contributed by atoms with E-state index in [-0.39, 0.29) is 19.2 Å². The summed E-state index contributed by atoms with van der Waals surface area (Å²) in [6, 6.07) is 1.91. The zero-order valence-electron chi connectivity index (χ0n) is 15.1. The van der Waals surface area contributed by atoms with Crippen LogP contribution in [-0.2, 0) is 11.3 Å². The highest BCUT2D eigenvalue weighted by molar-refractivity contribution is 5.41. The maximum Gasteiger partial charge on any atom is 0.261 e. The minimum atomic E-state index is -2.58. The van der Waals surface area contributed by atoms with Gasteiger partial charge in [0.1, 0.15) is 6.23 Å². The van der Waals surface area contributed by atoms with Crippen molar-refractivity contribution in [3.63, 3.8) is 0 Å². The molecule has 0 bridgehead atoms. The normalized spacial score (nSPS) is 22.4. The van der Waals surface area contributed by atoms with Crippen LogP contribution in [0.25, 0.3) is 0 Å². The van der Waals surface area contributed by atoms with Crippen molar-refractivity contribution in [2.45, 2.75) is 44.4 Å². The van der Waals surface area contributed by atoms with Crippen molar-refractivity contribution in [2.24, 2.45) is 0 Å². The van der Waals surface area contributed by atoms with Gasteiger partial charge in [-0.1, -0.05) is 11.8 Å². The summed E-state index contributed by atoms with van der Waals surface area (Å²) in [4.78, 5) is 5.95. The summed E-state index contributed by atoms with van der Waals surface area (Å²) in [5, 5.41) is 4.35. The largest absolute Gasteiger partial charge is 0.357 e. The van der Waals surface area contributed by atoms with Crippen molar-refractivity contribution in [3.8, 4) is 11.8 Å². The Morgan fingerprint density at radius 2 is 2.07 bits per heavy atom. The highest BCUT2D eigenvalue weighted by Gasteiger charge is 2.37. The molecule has 7 heteroatoms. The van der Waals surface area contributed by atoms with Crippen LogP contribution >= 0.6 is 0 Å². The molecule has 0 aliphatic carbocycles. The van der Waals surface area contributed by atoms with E-state index in [0.717, 1.165) is 42.6 Å². The first-order valence-electron chi connectivity index (χ1n) is 9.29. The van der Waals surface area contributed by atoms with E-state index in [0.29, 0.717) is 13.1 Å². The Morgan fingerprint density at radius 3 is 2.85 bits per heavy atom. The summed E-state index contributed by atoms with van der Waals surface area (Å²) in [5.74, 6) is 3.60. The number of hydrogen-bond donors (Lipinski definition) is 0. The molecule has 1 unspecified atom stereocenters. The first-order chi connectivity index (χ1) is 13.1. The van der Waals surface area contributed by atoms with Crippen molar-refractivity contribution < 1.29 is 13.5 Å². The summed E-state index contributed by atoms with van der Waals surface area (Å²) in [5.41, 5.74) is 2.47. The summed E-state index contributed by atoms with van der Waals surface area (Å²) in [6.07, 6.45) is 10.2. The van der Waals surface area contributed by atoms with Gasteiger partial charge in [0.15, 0.2) is 0 Å². The Morgan fingerprint density at radius 1 is 1.19 bits per heavy atom. The Balaban J connectivity index is 1.41. The van der Waals surface area contributed by atoms with Gasteiger partial charge in [-0.25, -0.2) is 13.5 Å². The smallest absolute Gasteiger partial charge is 0.261 e. The molecule has 2 fully saturated rings. The average molecular weight is 372 g/mol. The molecule has 2 aromatic rings. The minimum Gasteiger partial charge on any atom is -0.357 e. The highest BCUT2D eigenvalue weighted by Crippen LogP contribution is 2.27. The molecular weight excluding hydrogens is 350 g/mol. The lowest BCUT2D eigenvalue weighted by Crippen LogP contribution is -2.24. The predicted octanol–water partition coefficient (Wildman–Crippen LogP) is 3.22. The molecule has 2 aliphatic rings. The lowest BCUT2D eigenvalue weighted by molar-refractivity contribution is -0.0395. The summed E-state index contributed by atoms with van der Waals surface area (Å²) < 4.78 is 34.2. The predicted molar refractivity (Wildman–Crippen MR) is 96.1 cm³/mol. The molecule has 0 amide bonds. The Labute approximate surface area is 157 Å². The van der Waals surface area contributed by atoms with Crippen LogP contribution in [0.5, 0.6) is 0 Å². The topological polar surface area (TPSA) is 43.2 Å². The summed E-state index contributed by atoms with van der Waals surface area (Å²) in [7, 11) is 0. The Kier molecular flexibility index (Phi) is 5.19. The standard InChI is InChI=1S/C20H22F2N4O/c21-20(22)6-7-25(15-20)13-18-9-16(10-23-11-18)4-5-17-12-24-26(14-17)19-3-1-2-8-27-19/h9-12,14,19H,1-3,6-8,13,15H2. The monoisotopic (exact) mass is 372 g/mol. The van der Waals surface area contributed by atoms with Gasteiger partial charge in [0.25, 0.3) is 5.92 Å².